The average Bonchev–Trinajstić information content (AvgIpc) is 3.18. The molecule has 3 rings (SSSR count). The van der Waals surface area contributed by atoms with Crippen LogP contribution >= 0.6 is 0 Å². The summed E-state index contributed by atoms with van der Waals surface area (Å²) in [5, 5.41) is 0. The van der Waals surface area contributed by atoms with E-state index >= 15 is 0 Å². The molecule has 2 heterocycles. The number of benzene rings is 1. The number of anilines is 3. The summed E-state index contributed by atoms with van der Waals surface area (Å²) in [6, 6.07) is 7.42. The molecule has 1 unspecified atom stereocenters. The molecule has 0 spiro atoms. The first-order valence-electron chi connectivity index (χ1n) is 9.49. The number of nitrogens with two attached hydrogens (primary N) is 1. The summed E-state index contributed by atoms with van der Waals surface area (Å²) in [5.41, 5.74) is 6.66. The number of hydrogen-bond donors (Lipinski definition) is 1. The van der Waals surface area contributed by atoms with E-state index in [4.69, 9.17) is 19.9 Å². The smallest absolute Gasteiger partial charge is 0.231 e. The van der Waals surface area contributed by atoms with E-state index in [9.17, 15) is 0 Å². The molecule has 0 aliphatic carbocycles. The van der Waals surface area contributed by atoms with E-state index in [-0.39, 0.29) is 0 Å². The highest BCUT2D eigenvalue weighted by Gasteiger charge is 2.21. The molecule has 0 radical (unpaired) electrons. The number of nitrogen functional groups attached to an aromatic ring is 1. The fourth-order valence-electron chi connectivity index (χ4n) is 3.29. The van der Waals surface area contributed by atoms with Gasteiger partial charge in [-0.3, -0.25) is 0 Å². The number of aromatic nitrogens is 2. The number of hydrogen-bond acceptors (Lipinski definition) is 8. The minimum Gasteiger partial charge on any atom is -0.493 e. The van der Waals surface area contributed by atoms with Gasteiger partial charge in [0.25, 0.3) is 0 Å². The minimum absolute atomic E-state index is 0.363. The Morgan fingerprint density at radius 3 is 2.82 bits per heavy atom. The maximum Gasteiger partial charge on any atom is 0.231 e. The van der Waals surface area contributed by atoms with E-state index in [1.807, 2.05) is 30.1 Å². The van der Waals surface area contributed by atoms with E-state index in [0.29, 0.717) is 36.0 Å². The highest BCUT2D eigenvalue weighted by Crippen LogP contribution is 2.33. The Bertz CT molecular complexity index is 773. The van der Waals surface area contributed by atoms with E-state index < -0.39 is 0 Å². The van der Waals surface area contributed by atoms with Crippen LogP contribution in [0.2, 0.25) is 0 Å². The van der Waals surface area contributed by atoms with Crippen LogP contribution in [0.3, 0.4) is 0 Å². The average molecular weight is 387 g/mol. The number of rotatable bonds is 9. The van der Waals surface area contributed by atoms with Gasteiger partial charge >= 0.3 is 0 Å². The second-order valence-electron chi connectivity index (χ2n) is 6.82. The summed E-state index contributed by atoms with van der Waals surface area (Å²) < 4.78 is 16.9. The maximum absolute atomic E-state index is 6.02. The molecule has 1 saturated heterocycles. The van der Waals surface area contributed by atoms with Crippen molar-refractivity contribution in [1.29, 1.82) is 0 Å². The van der Waals surface area contributed by atoms with Gasteiger partial charge in [-0.1, -0.05) is 0 Å². The molecule has 8 heteroatoms. The number of nitrogens with zero attached hydrogens (tertiary/aromatic N) is 4. The third-order valence-corrected chi connectivity index (χ3v) is 4.94. The third-order valence-electron chi connectivity index (χ3n) is 4.94. The van der Waals surface area contributed by atoms with Crippen molar-refractivity contribution >= 4 is 17.5 Å². The van der Waals surface area contributed by atoms with Gasteiger partial charge in [0.05, 0.1) is 19.8 Å². The molecule has 1 atom stereocenters. The Hall–Kier alpha value is -2.58. The molecule has 1 aliphatic rings. The van der Waals surface area contributed by atoms with E-state index in [0.717, 1.165) is 38.2 Å². The molecule has 152 valence electrons. The van der Waals surface area contributed by atoms with Crippen LogP contribution in [0.1, 0.15) is 12.8 Å². The highest BCUT2D eigenvalue weighted by atomic mass is 16.5. The van der Waals surface area contributed by atoms with Crippen LogP contribution in [0, 0.1) is 0 Å². The van der Waals surface area contributed by atoms with Crippen LogP contribution in [0.25, 0.3) is 0 Å². The molecule has 0 bridgehead atoms. The van der Waals surface area contributed by atoms with Crippen LogP contribution < -0.4 is 20.1 Å². The van der Waals surface area contributed by atoms with Gasteiger partial charge in [0.1, 0.15) is 5.82 Å². The zero-order valence-corrected chi connectivity index (χ0v) is 16.8. The van der Waals surface area contributed by atoms with Crippen LogP contribution in [-0.2, 0) is 4.74 Å². The van der Waals surface area contributed by atoms with Crippen LogP contribution in [-0.4, -0.2) is 68.5 Å². The Labute approximate surface area is 166 Å². The lowest BCUT2D eigenvalue weighted by Gasteiger charge is -2.20. The first-order chi connectivity index (χ1) is 13.6. The summed E-state index contributed by atoms with van der Waals surface area (Å²) in [5.74, 6) is 2.36. The second kappa shape index (κ2) is 9.57. The summed E-state index contributed by atoms with van der Waals surface area (Å²) in [6.45, 7) is 3.70. The monoisotopic (exact) mass is 387 g/mol. The van der Waals surface area contributed by atoms with Gasteiger partial charge in [0, 0.05) is 51.7 Å². The lowest BCUT2D eigenvalue weighted by Crippen LogP contribution is -2.25. The van der Waals surface area contributed by atoms with Crippen molar-refractivity contribution in [2.24, 2.45) is 0 Å². The number of methoxy groups -OCH3 is 2. The first-order valence-corrected chi connectivity index (χ1v) is 9.49. The SMILES string of the molecule is COc1ccc(N(C)c2nccc(N)n2)cc1OCCCN1CCC(OC)C1. The van der Waals surface area contributed by atoms with Gasteiger partial charge in [0.15, 0.2) is 11.5 Å². The molecule has 0 amide bonds. The molecule has 1 aliphatic heterocycles. The summed E-state index contributed by atoms with van der Waals surface area (Å²) in [7, 11) is 5.31. The Morgan fingerprint density at radius 1 is 1.25 bits per heavy atom. The van der Waals surface area contributed by atoms with Crippen LogP contribution in [0.5, 0.6) is 11.5 Å². The second-order valence-corrected chi connectivity index (χ2v) is 6.82. The molecular formula is C20H29N5O3. The first kappa shape index (κ1) is 20.2. The predicted octanol–water partition coefficient (Wildman–Crippen LogP) is 2.32. The number of ether oxygens (including phenoxy) is 3. The molecule has 8 nitrogen and oxygen atoms in total. The van der Waals surface area contributed by atoms with Gasteiger partial charge in [-0.25, -0.2) is 4.98 Å². The lowest BCUT2D eigenvalue weighted by atomic mass is 10.2. The van der Waals surface area contributed by atoms with Crippen LogP contribution in [0.4, 0.5) is 17.5 Å². The highest BCUT2D eigenvalue weighted by molar-refractivity contribution is 5.62. The van der Waals surface area contributed by atoms with Gasteiger partial charge in [-0.05, 0) is 31.0 Å². The quantitative estimate of drug-likeness (QED) is 0.656. The Morgan fingerprint density at radius 2 is 2.11 bits per heavy atom. The fraction of sp³-hybridized carbons (Fsp3) is 0.500. The van der Waals surface area contributed by atoms with Crippen molar-refractivity contribution in [1.82, 2.24) is 14.9 Å². The molecule has 1 aromatic carbocycles. The van der Waals surface area contributed by atoms with Crippen molar-refractivity contribution in [3.63, 3.8) is 0 Å². The molecule has 1 aromatic heterocycles. The Balaban J connectivity index is 1.59. The third kappa shape index (κ3) is 5.02. The maximum atomic E-state index is 6.02. The fourth-order valence-corrected chi connectivity index (χ4v) is 3.29. The van der Waals surface area contributed by atoms with Gasteiger partial charge in [-0.15, -0.1) is 0 Å². The minimum atomic E-state index is 0.363. The van der Waals surface area contributed by atoms with Crippen molar-refractivity contribution in [3.05, 3.63) is 30.5 Å². The predicted molar refractivity (Wildman–Crippen MR) is 109 cm³/mol. The normalized spacial score (nSPS) is 16.9. The summed E-state index contributed by atoms with van der Waals surface area (Å²) >= 11 is 0. The Kier molecular flexibility index (Phi) is 6.89. The summed E-state index contributed by atoms with van der Waals surface area (Å²) in [6.07, 6.45) is 4.05. The van der Waals surface area contributed by atoms with Crippen molar-refractivity contribution < 1.29 is 14.2 Å². The zero-order chi connectivity index (χ0) is 19.9. The van der Waals surface area contributed by atoms with Crippen molar-refractivity contribution in [2.45, 2.75) is 18.9 Å². The lowest BCUT2D eigenvalue weighted by molar-refractivity contribution is 0.107. The van der Waals surface area contributed by atoms with Crippen LogP contribution in [0.15, 0.2) is 30.5 Å². The van der Waals surface area contributed by atoms with Gasteiger partial charge in [-0.2, -0.15) is 4.98 Å². The summed E-state index contributed by atoms with van der Waals surface area (Å²) in [4.78, 5) is 12.8. The molecule has 2 N–H and O–H groups in total. The number of likely N-dealkylation sites (tertiary alicyclic amines) is 1. The van der Waals surface area contributed by atoms with E-state index in [1.165, 1.54) is 0 Å². The largest absolute Gasteiger partial charge is 0.493 e. The molecular weight excluding hydrogens is 358 g/mol. The standard InChI is InChI=1S/C20H29N5O3/c1-24(20-22-9-7-19(21)23-20)15-5-6-17(27-3)18(13-15)28-12-4-10-25-11-8-16(14-25)26-2/h5-7,9,13,16H,4,8,10-12,14H2,1-3H3,(H2,21,22,23). The van der Waals surface area contributed by atoms with E-state index in [2.05, 4.69) is 14.9 Å². The van der Waals surface area contributed by atoms with Crippen molar-refractivity contribution in [3.8, 4) is 11.5 Å². The topological polar surface area (TPSA) is 86.0 Å². The van der Waals surface area contributed by atoms with E-state index in [1.54, 1.807) is 26.5 Å². The molecule has 1 fully saturated rings. The molecule has 0 saturated carbocycles. The molecule has 28 heavy (non-hydrogen) atoms. The zero-order valence-electron chi connectivity index (χ0n) is 16.8. The molecule has 2 aromatic rings. The van der Waals surface area contributed by atoms with Crippen molar-refractivity contribution in [2.75, 3.05) is 58.1 Å². The van der Waals surface area contributed by atoms with Gasteiger partial charge in [0.2, 0.25) is 5.95 Å². The van der Waals surface area contributed by atoms with Gasteiger partial charge < -0.3 is 29.7 Å².